The molecule has 3 aromatic rings. The molecule has 2 saturated heterocycles. The number of carbonyl (C=O) groups excluding carboxylic acids is 3. The molecule has 0 spiro atoms. The van der Waals surface area contributed by atoms with Crippen LogP contribution in [0.15, 0.2) is 54.2 Å². The topological polar surface area (TPSA) is 150 Å². The number of amides is 3. The highest BCUT2D eigenvalue weighted by Crippen LogP contribution is 2.44. The molecule has 0 bridgehead atoms. The summed E-state index contributed by atoms with van der Waals surface area (Å²) in [6, 6.07) is 9.43. The minimum Gasteiger partial charge on any atom is -0.474 e. The molecule has 2 atom stereocenters. The number of halogens is 6. The number of benzene rings is 1. The second kappa shape index (κ2) is 16.4. The molecule has 2 unspecified atom stereocenters. The molecule has 0 aliphatic carbocycles. The fourth-order valence-corrected chi connectivity index (χ4v) is 8.81. The molecule has 3 amide bonds. The van der Waals surface area contributed by atoms with Crippen molar-refractivity contribution in [1.82, 2.24) is 19.5 Å². The van der Waals surface area contributed by atoms with E-state index in [-0.39, 0.29) is 70.3 Å². The summed E-state index contributed by atoms with van der Waals surface area (Å²) in [5.74, 6) is -2.77. The van der Waals surface area contributed by atoms with Crippen molar-refractivity contribution >= 4 is 39.1 Å². The lowest BCUT2D eigenvalue weighted by Crippen LogP contribution is -2.68. The Morgan fingerprint density at radius 1 is 1.05 bits per heavy atom. The number of nitrogens with zero attached hydrogens (tertiary/aromatic N) is 4. The van der Waals surface area contributed by atoms with E-state index in [2.05, 4.69) is 11.1 Å². The van der Waals surface area contributed by atoms with Crippen LogP contribution >= 0.6 is 11.3 Å². The maximum Gasteiger partial charge on any atom is 0.425 e. The average molecular weight is 828 g/mol. The molecule has 4 heterocycles. The summed E-state index contributed by atoms with van der Waals surface area (Å²) in [5.41, 5.74) is -3.96. The molecule has 2 aliphatic rings. The Hall–Kier alpha value is -4.70. The molecular weight excluding hydrogens is 789 g/mol. The molecule has 1 aromatic carbocycles. The number of nitrogens with one attached hydrogen (secondary N) is 1. The van der Waals surface area contributed by atoms with Crippen LogP contribution in [-0.2, 0) is 43.8 Å². The minimum atomic E-state index is -4.92. The van der Waals surface area contributed by atoms with Crippen molar-refractivity contribution < 1.29 is 53.9 Å². The van der Waals surface area contributed by atoms with Crippen LogP contribution in [0, 0.1) is 11.3 Å². The molecule has 5 rings (SSSR count). The van der Waals surface area contributed by atoms with Gasteiger partial charge < -0.3 is 14.5 Å². The van der Waals surface area contributed by atoms with Gasteiger partial charge in [0, 0.05) is 56.3 Å². The Kier molecular flexibility index (Phi) is 12.4. The van der Waals surface area contributed by atoms with Crippen molar-refractivity contribution in [3.05, 3.63) is 81.3 Å². The number of hydrogen-bond acceptors (Lipinski definition) is 9. The first kappa shape index (κ1) is 42.4. The van der Waals surface area contributed by atoms with E-state index in [9.17, 15) is 54.4 Å². The number of sulfonamides is 1. The highest BCUT2D eigenvalue weighted by atomic mass is 32.2. The molecule has 0 radical (unpaired) electrons. The smallest absolute Gasteiger partial charge is 0.425 e. The number of aryl methyl sites for hydroxylation is 1. The van der Waals surface area contributed by atoms with Crippen molar-refractivity contribution in [3.63, 3.8) is 0 Å². The molecule has 1 N–H and O–H groups in total. The molecule has 56 heavy (non-hydrogen) atoms. The predicted octanol–water partition coefficient (Wildman–Crippen LogP) is 6.50. The van der Waals surface area contributed by atoms with E-state index < -0.39 is 73.2 Å². The Morgan fingerprint density at radius 2 is 1.75 bits per heavy atom. The summed E-state index contributed by atoms with van der Waals surface area (Å²) in [7, 11) is -3.79. The van der Waals surface area contributed by atoms with Crippen LogP contribution in [0.25, 0.3) is 0 Å². The lowest BCUT2D eigenvalue weighted by Gasteiger charge is -2.51. The number of rotatable bonds is 11. The molecule has 2 aromatic heterocycles. The number of aromatic nitrogens is 1. The number of nitriles is 1. The number of ether oxygens (including phenoxy) is 1. The van der Waals surface area contributed by atoms with E-state index in [1.165, 1.54) is 4.90 Å². The lowest BCUT2D eigenvalue weighted by atomic mass is 9.71. The van der Waals surface area contributed by atoms with Gasteiger partial charge in [0.15, 0.2) is 0 Å². The quantitative estimate of drug-likeness (QED) is 0.216. The van der Waals surface area contributed by atoms with Crippen molar-refractivity contribution in [2.24, 2.45) is 0 Å². The van der Waals surface area contributed by atoms with E-state index in [0.717, 1.165) is 35.0 Å². The van der Waals surface area contributed by atoms with Gasteiger partial charge in [-0.25, -0.2) is 8.42 Å². The van der Waals surface area contributed by atoms with Crippen LogP contribution in [0.1, 0.15) is 83.8 Å². The number of alkyl halides is 6. The Morgan fingerprint density at radius 3 is 2.36 bits per heavy atom. The first-order valence-corrected chi connectivity index (χ1v) is 20.5. The molecule has 0 saturated carbocycles. The summed E-state index contributed by atoms with van der Waals surface area (Å²) in [6.07, 6.45) is -6.65. The molecule has 2 aliphatic heterocycles. The van der Waals surface area contributed by atoms with Crippen LogP contribution in [0.3, 0.4) is 0 Å². The van der Waals surface area contributed by atoms with Gasteiger partial charge in [0.25, 0.3) is 11.8 Å². The maximum atomic E-state index is 15.0. The minimum absolute atomic E-state index is 0.0363. The summed E-state index contributed by atoms with van der Waals surface area (Å²) in [6.45, 7) is 1.59. The van der Waals surface area contributed by atoms with Crippen LogP contribution < -0.4 is 9.46 Å². The lowest BCUT2D eigenvalue weighted by molar-refractivity contribution is -0.160. The zero-order chi connectivity index (χ0) is 41.1. The standard InChI is InChI=1S/C37H39F6N5O6S2/c1-3-7-29-35(54-25-20-30(55-22-25)37(41,42)43,13-6-17-48(29)32(50)26-21-45-16-12-28(26)36(38,39)40)33(51)47-18-14-34(23-44,15-19-47)27-9-5-4-8-24(27)10-11-31(49)46-56(2,52)53/h4-5,8-9,12,16,20-22,29H,3,6-7,10-11,13-15,17-19H2,1-2H3,(H,46,49). The Labute approximate surface area is 323 Å². The predicted molar refractivity (Wildman–Crippen MR) is 192 cm³/mol. The largest absolute Gasteiger partial charge is 0.474 e. The number of piperidine rings is 2. The highest BCUT2D eigenvalue weighted by Gasteiger charge is 2.56. The van der Waals surface area contributed by atoms with E-state index in [1.54, 1.807) is 31.2 Å². The van der Waals surface area contributed by atoms with Crippen LogP contribution in [0.5, 0.6) is 5.75 Å². The third kappa shape index (κ3) is 9.12. The second-order valence-electron chi connectivity index (χ2n) is 13.9. The molecule has 302 valence electrons. The SMILES string of the molecule is CCCC1N(C(=O)c2cnccc2C(F)(F)F)CCCC1(Oc1csc(C(F)(F)F)c1)C(=O)N1CCC(C#N)(c2ccccc2CCC(=O)NS(C)(=O)=O)CC1. The third-order valence-corrected chi connectivity index (χ3v) is 11.7. The van der Waals surface area contributed by atoms with Crippen LogP contribution in [-0.4, -0.2) is 78.5 Å². The van der Waals surface area contributed by atoms with Crippen LogP contribution in [0.4, 0.5) is 26.3 Å². The van der Waals surface area contributed by atoms with Gasteiger partial charge in [-0.15, -0.1) is 11.3 Å². The summed E-state index contributed by atoms with van der Waals surface area (Å²) in [5, 5.41) is 11.7. The third-order valence-electron chi connectivity index (χ3n) is 10.1. The van der Waals surface area contributed by atoms with Crippen molar-refractivity contribution in [1.29, 1.82) is 5.26 Å². The van der Waals surface area contributed by atoms with Gasteiger partial charge in [0.05, 0.1) is 34.9 Å². The number of likely N-dealkylation sites (tertiary alicyclic amines) is 2. The Balaban J connectivity index is 1.50. The average Bonchev–Trinajstić information content (AvgIpc) is 3.62. The van der Waals surface area contributed by atoms with Crippen molar-refractivity contribution in [3.8, 4) is 11.8 Å². The summed E-state index contributed by atoms with van der Waals surface area (Å²) >= 11 is 0.345. The van der Waals surface area contributed by atoms with Crippen LogP contribution in [0.2, 0.25) is 0 Å². The summed E-state index contributed by atoms with van der Waals surface area (Å²) in [4.78, 5) is 46.6. The normalized spacial score (nSPS) is 20.2. The number of pyridine rings is 1. The number of hydrogen-bond donors (Lipinski definition) is 1. The number of carbonyl (C=O) groups is 3. The van der Waals surface area contributed by atoms with Crippen molar-refractivity contribution in [2.75, 3.05) is 25.9 Å². The van der Waals surface area contributed by atoms with E-state index >= 15 is 0 Å². The maximum absolute atomic E-state index is 15.0. The zero-order valence-corrected chi connectivity index (χ0v) is 32.0. The van der Waals surface area contributed by atoms with Gasteiger partial charge in [-0.05, 0) is 49.3 Å². The van der Waals surface area contributed by atoms with Gasteiger partial charge in [-0.1, -0.05) is 37.6 Å². The molecular formula is C37H39F6N5O6S2. The fraction of sp³-hybridized carbons (Fsp3) is 0.486. The van der Waals surface area contributed by atoms with Gasteiger partial charge in [-0.2, -0.15) is 31.6 Å². The highest BCUT2D eigenvalue weighted by molar-refractivity contribution is 7.89. The van der Waals surface area contributed by atoms with E-state index in [0.29, 0.717) is 35.0 Å². The molecule has 2 fully saturated rings. The molecule has 19 heteroatoms. The first-order chi connectivity index (χ1) is 26.2. The van der Waals surface area contributed by atoms with Gasteiger partial charge >= 0.3 is 12.4 Å². The van der Waals surface area contributed by atoms with E-state index in [1.807, 2.05) is 4.72 Å². The van der Waals surface area contributed by atoms with Gasteiger partial charge in [0.1, 0.15) is 10.6 Å². The Bertz CT molecular complexity index is 2090. The zero-order valence-electron chi connectivity index (χ0n) is 30.4. The van der Waals surface area contributed by atoms with Gasteiger partial charge in [0.2, 0.25) is 21.5 Å². The monoisotopic (exact) mass is 827 g/mol. The van der Waals surface area contributed by atoms with E-state index in [4.69, 9.17) is 4.74 Å². The van der Waals surface area contributed by atoms with Crippen molar-refractivity contribution in [2.45, 2.75) is 87.7 Å². The fourth-order valence-electron chi connectivity index (χ4n) is 7.61. The summed E-state index contributed by atoms with van der Waals surface area (Å²) < 4.78 is 115. The first-order valence-electron chi connectivity index (χ1n) is 17.7. The second-order valence-corrected chi connectivity index (χ2v) is 16.6. The van der Waals surface area contributed by atoms with Gasteiger partial charge in [-0.3, -0.25) is 24.1 Å². The number of thiophene rings is 1. The molecule has 11 nitrogen and oxygen atoms in total.